The van der Waals surface area contributed by atoms with E-state index in [4.69, 9.17) is 20.3 Å². The van der Waals surface area contributed by atoms with E-state index < -0.39 is 5.60 Å². The topological polar surface area (TPSA) is 108 Å². The fraction of sp³-hybridized carbons (Fsp3) is 0.357. The van der Waals surface area contributed by atoms with Crippen LogP contribution in [0.2, 0.25) is 0 Å². The number of nitrogens with two attached hydrogens (primary N) is 1. The molecule has 0 aliphatic carbocycles. The number of fused-ring (bicyclic) bond motifs is 1. The molecule has 1 fully saturated rings. The summed E-state index contributed by atoms with van der Waals surface area (Å²) in [5.74, 6) is 1.86. The van der Waals surface area contributed by atoms with Crippen molar-refractivity contribution in [1.29, 1.82) is 0 Å². The molecule has 0 saturated carbocycles. The highest BCUT2D eigenvalue weighted by atomic mass is 16.6. The summed E-state index contributed by atoms with van der Waals surface area (Å²) in [5.41, 5.74) is 8.01. The van der Waals surface area contributed by atoms with Crippen LogP contribution in [0.3, 0.4) is 0 Å². The van der Waals surface area contributed by atoms with E-state index in [1.165, 1.54) is 6.33 Å². The summed E-state index contributed by atoms with van der Waals surface area (Å²) < 4.78 is 13.5. The lowest BCUT2D eigenvalue weighted by molar-refractivity contribution is 0.0235. The Morgan fingerprint density at radius 3 is 2.46 bits per heavy atom. The molecule has 5 rings (SSSR count). The van der Waals surface area contributed by atoms with E-state index >= 15 is 0 Å². The molecule has 2 N–H and O–H groups in total. The number of carbonyl (C=O) groups is 1. The van der Waals surface area contributed by atoms with Gasteiger partial charge >= 0.3 is 6.09 Å². The van der Waals surface area contributed by atoms with Crippen LogP contribution in [0.1, 0.15) is 46.1 Å². The molecular weight excluding hydrogens is 468 g/mol. The Hall–Kier alpha value is -4.14. The van der Waals surface area contributed by atoms with Gasteiger partial charge in [-0.3, -0.25) is 0 Å². The number of hydrogen-bond donors (Lipinski definition) is 1. The minimum atomic E-state index is -0.553. The van der Waals surface area contributed by atoms with E-state index in [0.29, 0.717) is 35.6 Å². The third kappa shape index (κ3) is 5.50. The van der Waals surface area contributed by atoms with Crippen LogP contribution >= 0.6 is 0 Å². The number of hydrogen-bond acceptors (Lipinski definition) is 7. The number of nitrogen functional groups attached to an aromatic ring is 1. The Morgan fingerprint density at radius 1 is 1.00 bits per heavy atom. The Morgan fingerprint density at radius 2 is 1.73 bits per heavy atom. The lowest BCUT2D eigenvalue weighted by Gasteiger charge is -2.28. The van der Waals surface area contributed by atoms with Gasteiger partial charge in [0.05, 0.1) is 11.4 Å². The van der Waals surface area contributed by atoms with Crippen LogP contribution in [-0.2, 0) is 4.74 Å². The molecule has 9 nitrogen and oxygen atoms in total. The van der Waals surface area contributed by atoms with E-state index in [-0.39, 0.29) is 12.1 Å². The molecule has 1 aliphatic rings. The van der Waals surface area contributed by atoms with Gasteiger partial charge in [0.15, 0.2) is 5.65 Å². The average molecular weight is 501 g/mol. The Labute approximate surface area is 216 Å². The van der Waals surface area contributed by atoms with Gasteiger partial charge in [0, 0.05) is 18.7 Å². The zero-order valence-corrected chi connectivity index (χ0v) is 21.4. The van der Waals surface area contributed by atoms with E-state index in [0.717, 1.165) is 36.3 Å². The smallest absolute Gasteiger partial charge is 0.410 e. The molecule has 1 amide bonds. The van der Waals surface area contributed by atoms with Crippen molar-refractivity contribution in [2.24, 2.45) is 0 Å². The predicted octanol–water partition coefficient (Wildman–Crippen LogP) is 5.83. The molecule has 4 aromatic rings. The summed E-state index contributed by atoms with van der Waals surface area (Å²) >= 11 is 0. The minimum Gasteiger partial charge on any atom is -0.457 e. The van der Waals surface area contributed by atoms with E-state index in [9.17, 15) is 4.79 Å². The largest absolute Gasteiger partial charge is 0.457 e. The zero-order valence-electron chi connectivity index (χ0n) is 21.4. The highest BCUT2D eigenvalue weighted by Crippen LogP contribution is 2.35. The summed E-state index contributed by atoms with van der Waals surface area (Å²) in [4.78, 5) is 23.4. The van der Waals surface area contributed by atoms with Crippen molar-refractivity contribution in [1.82, 2.24) is 24.6 Å². The molecular formula is C28H32N6O3. The number of para-hydroxylation sites is 1. The fourth-order valence-corrected chi connectivity index (χ4v) is 4.57. The van der Waals surface area contributed by atoms with Gasteiger partial charge < -0.3 is 20.1 Å². The molecule has 3 heterocycles. The first kappa shape index (κ1) is 24.5. The molecule has 2 aromatic heterocycles. The van der Waals surface area contributed by atoms with Crippen LogP contribution in [0.15, 0.2) is 60.9 Å². The van der Waals surface area contributed by atoms with Crippen molar-refractivity contribution in [2.75, 3.05) is 18.8 Å². The van der Waals surface area contributed by atoms with Gasteiger partial charge in [-0.1, -0.05) is 18.2 Å². The Bertz CT molecular complexity index is 1380. The number of amides is 1. The Kier molecular flexibility index (Phi) is 6.69. The van der Waals surface area contributed by atoms with Gasteiger partial charge in [0.1, 0.15) is 34.9 Å². The molecule has 2 aromatic carbocycles. The van der Waals surface area contributed by atoms with Crippen molar-refractivity contribution < 1.29 is 14.3 Å². The maximum Gasteiger partial charge on any atom is 0.410 e. The lowest BCUT2D eigenvalue weighted by atomic mass is 10.1. The second kappa shape index (κ2) is 10.1. The number of likely N-dealkylation sites (tertiary alicyclic amines) is 1. The maximum atomic E-state index is 12.9. The number of aromatic nitrogens is 4. The van der Waals surface area contributed by atoms with Gasteiger partial charge in [0.2, 0.25) is 0 Å². The first-order valence-corrected chi connectivity index (χ1v) is 12.6. The van der Waals surface area contributed by atoms with E-state index in [1.807, 2.05) is 80.1 Å². The lowest BCUT2D eigenvalue weighted by Crippen LogP contribution is -2.39. The van der Waals surface area contributed by atoms with Crippen LogP contribution in [0.4, 0.5) is 10.6 Å². The minimum absolute atomic E-state index is 0.0683. The maximum absolute atomic E-state index is 12.9. The average Bonchev–Trinajstić information content (AvgIpc) is 3.08. The first-order chi connectivity index (χ1) is 17.8. The Balaban J connectivity index is 1.47. The molecule has 0 spiro atoms. The highest BCUT2D eigenvalue weighted by Gasteiger charge is 2.30. The van der Waals surface area contributed by atoms with Crippen LogP contribution in [0, 0.1) is 0 Å². The molecule has 1 atom stereocenters. The third-order valence-corrected chi connectivity index (χ3v) is 6.27. The van der Waals surface area contributed by atoms with Gasteiger partial charge in [-0.15, -0.1) is 0 Å². The number of anilines is 1. The number of rotatable bonds is 4. The summed E-state index contributed by atoms with van der Waals surface area (Å²) in [7, 11) is 0. The van der Waals surface area contributed by atoms with Crippen molar-refractivity contribution in [3.63, 3.8) is 0 Å². The highest BCUT2D eigenvalue weighted by molar-refractivity contribution is 5.98. The van der Waals surface area contributed by atoms with Crippen LogP contribution in [-0.4, -0.2) is 49.4 Å². The zero-order chi connectivity index (χ0) is 26.0. The van der Waals surface area contributed by atoms with Crippen LogP contribution < -0.4 is 10.5 Å². The van der Waals surface area contributed by atoms with Crippen LogP contribution in [0.5, 0.6) is 11.5 Å². The number of ether oxygens (including phenoxy) is 2. The third-order valence-electron chi connectivity index (χ3n) is 6.27. The quantitative estimate of drug-likeness (QED) is 0.375. The molecule has 1 unspecified atom stereocenters. The summed E-state index contributed by atoms with van der Waals surface area (Å²) in [6.45, 7) is 6.77. The monoisotopic (exact) mass is 500 g/mol. The van der Waals surface area contributed by atoms with Gasteiger partial charge in [-0.25, -0.2) is 19.4 Å². The number of benzene rings is 2. The second-order valence-corrected chi connectivity index (χ2v) is 10.3. The number of carbonyl (C=O) groups excluding carboxylic acids is 1. The molecule has 37 heavy (non-hydrogen) atoms. The molecule has 1 aliphatic heterocycles. The summed E-state index contributed by atoms with van der Waals surface area (Å²) in [6, 6.07) is 17.3. The molecule has 9 heteroatoms. The number of nitrogens with zero attached hydrogens (tertiary/aromatic N) is 5. The van der Waals surface area contributed by atoms with Crippen molar-refractivity contribution in [3.05, 3.63) is 60.9 Å². The van der Waals surface area contributed by atoms with Gasteiger partial charge in [0.25, 0.3) is 0 Å². The van der Waals surface area contributed by atoms with Crippen molar-refractivity contribution in [2.45, 2.75) is 51.7 Å². The standard InChI is InChI=1S/C28H32N6O3/c1-28(2,3)37-27(35)33-16-8-7-9-20(17-33)34-26-23(25(29)30-18-31-26)24(32-34)19-12-14-22(15-13-19)36-21-10-5-4-6-11-21/h4-6,10-15,18,20H,7-9,16-17H2,1-3H3,(H2,29,30,31). The predicted molar refractivity (Wildman–Crippen MR) is 142 cm³/mol. The van der Waals surface area contributed by atoms with Crippen molar-refractivity contribution >= 4 is 22.9 Å². The van der Waals surface area contributed by atoms with Crippen LogP contribution in [0.25, 0.3) is 22.3 Å². The van der Waals surface area contributed by atoms with Gasteiger partial charge in [-0.2, -0.15) is 5.10 Å². The van der Waals surface area contributed by atoms with Crippen molar-refractivity contribution in [3.8, 4) is 22.8 Å². The normalized spacial score (nSPS) is 16.4. The fourth-order valence-electron chi connectivity index (χ4n) is 4.57. The molecule has 0 radical (unpaired) electrons. The summed E-state index contributed by atoms with van der Waals surface area (Å²) in [5, 5.41) is 5.68. The SMILES string of the molecule is CC(C)(C)OC(=O)N1CCCCC(n2nc(-c3ccc(Oc4ccccc4)cc3)c3c(N)ncnc32)C1. The summed E-state index contributed by atoms with van der Waals surface area (Å²) in [6.07, 6.45) is 3.88. The van der Waals surface area contributed by atoms with E-state index in [2.05, 4.69) is 9.97 Å². The molecule has 0 bridgehead atoms. The molecule has 192 valence electrons. The van der Waals surface area contributed by atoms with E-state index in [1.54, 1.807) is 4.90 Å². The van der Waals surface area contributed by atoms with Gasteiger partial charge in [-0.05, 0) is 76.4 Å². The second-order valence-electron chi connectivity index (χ2n) is 10.3. The molecule has 1 saturated heterocycles. The first-order valence-electron chi connectivity index (χ1n) is 12.6.